The second-order valence-corrected chi connectivity index (χ2v) is 9.01. The van der Waals surface area contributed by atoms with Gasteiger partial charge in [0.2, 0.25) is 0 Å². The van der Waals surface area contributed by atoms with Crippen molar-refractivity contribution in [1.29, 1.82) is 0 Å². The van der Waals surface area contributed by atoms with Crippen LogP contribution in [0.3, 0.4) is 0 Å². The van der Waals surface area contributed by atoms with Gasteiger partial charge in [-0.1, -0.05) is 18.8 Å². The van der Waals surface area contributed by atoms with Gasteiger partial charge in [-0.25, -0.2) is 22.0 Å². The number of alkyl halides is 5. The first-order valence-corrected chi connectivity index (χ1v) is 12.4. The Bertz CT molecular complexity index is 1700. The summed E-state index contributed by atoms with van der Waals surface area (Å²) in [6.07, 6.45) is -8.98. The van der Waals surface area contributed by atoms with Crippen LogP contribution in [0.25, 0.3) is 11.1 Å². The Morgan fingerprint density at radius 1 is 0.651 bits per heavy atom. The maximum absolute atomic E-state index is 14.8. The van der Waals surface area contributed by atoms with Gasteiger partial charge in [0.25, 0.3) is 0 Å². The van der Waals surface area contributed by atoms with Gasteiger partial charge in [-0.15, -0.1) is 0 Å². The third kappa shape index (κ3) is 7.23. The molecule has 0 aliphatic carbocycles. The van der Waals surface area contributed by atoms with Gasteiger partial charge < -0.3 is 9.47 Å². The Kier molecular flexibility index (Phi) is 8.94. The van der Waals surface area contributed by atoms with Crippen molar-refractivity contribution in [2.24, 2.45) is 0 Å². The summed E-state index contributed by atoms with van der Waals surface area (Å²) >= 11 is 0. The molecule has 224 valence electrons. The normalized spacial score (nSPS) is 11.6. The van der Waals surface area contributed by atoms with Gasteiger partial charge in [0.15, 0.2) is 0 Å². The molecule has 0 aliphatic heterocycles. The van der Waals surface area contributed by atoms with Crippen LogP contribution >= 0.6 is 0 Å². The van der Waals surface area contributed by atoms with Crippen molar-refractivity contribution in [3.8, 4) is 34.5 Å². The van der Waals surface area contributed by atoms with E-state index in [1.54, 1.807) is 0 Å². The van der Waals surface area contributed by atoms with Crippen LogP contribution in [0.2, 0.25) is 0 Å². The highest BCUT2D eigenvalue weighted by Gasteiger charge is 2.39. The first kappa shape index (κ1) is 31.3. The van der Waals surface area contributed by atoms with E-state index in [1.165, 1.54) is 12.1 Å². The van der Waals surface area contributed by atoms with Crippen molar-refractivity contribution >= 4 is 0 Å². The van der Waals surface area contributed by atoms with E-state index in [2.05, 4.69) is 16.6 Å². The zero-order valence-corrected chi connectivity index (χ0v) is 21.9. The van der Waals surface area contributed by atoms with Crippen molar-refractivity contribution < 1.29 is 53.4 Å². The van der Waals surface area contributed by atoms with E-state index in [0.29, 0.717) is 37.0 Å². The number of rotatable bonds is 7. The summed E-state index contributed by atoms with van der Waals surface area (Å²) in [6, 6.07) is 8.67. The average molecular weight is 612 g/mol. The number of benzene rings is 4. The highest BCUT2D eigenvalue weighted by Crippen LogP contribution is 2.38. The zero-order chi connectivity index (χ0) is 31.5. The summed E-state index contributed by atoms with van der Waals surface area (Å²) in [5.74, 6) is -3.13. The molecule has 43 heavy (non-hydrogen) atoms. The molecule has 0 saturated carbocycles. The second-order valence-electron chi connectivity index (χ2n) is 9.01. The fourth-order valence-electron chi connectivity index (χ4n) is 3.87. The maximum atomic E-state index is 14.8. The molecule has 0 saturated heterocycles. The van der Waals surface area contributed by atoms with Crippen molar-refractivity contribution in [2.75, 3.05) is 6.61 Å². The summed E-state index contributed by atoms with van der Waals surface area (Å²) in [5, 5.41) is 0. The van der Waals surface area contributed by atoms with Gasteiger partial charge in [0.05, 0.1) is 12.2 Å². The number of ether oxygens (including phenoxy) is 2. The molecule has 0 aromatic heterocycles. The Hall–Kier alpha value is -4.66. The lowest BCUT2D eigenvalue weighted by Gasteiger charge is -2.19. The van der Waals surface area contributed by atoms with Gasteiger partial charge in [0, 0.05) is 23.3 Å². The maximum Gasteiger partial charge on any atom is 0.429 e. The molecule has 4 aromatic rings. The highest BCUT2D eigenvalue weighted by atomic mass is 19.4. The molecule has 12 heteroatoms. The van der Waals surface area contributed by atoms with Gasteiger partial charge in [-0.3, -0.25) is 0 Å². The molecule has 0 atom stereocenters. The van der Waals surface area contributed by atoms with Gasteiger partial charge in [0.1, 0.15) is 51.7 Å². The molecule has 0 N–H and O–H groups in total. The Labute approximate surface area is 238 Å². The summed E-state index contributed by atoms with van der Waals surface area (Å²) < 4.78 is 149. The lowest BCUT2D eigenvalue weighted by Crippen LogP contribution is -2.23. The summed E-state index contributed by atoms with van der Waals surface area (Å²) in [7, 11) is 0. The van der Waals surface area contributed by atoms with E-state index in [0.717, 1.165) is 24.3 Å². The fourth-order valence-corrected chi connectivity index (χ4v) is 3.87. The van der Waals surface area contributed by atoms with E-state index >= 15 is 0 Å². The molecule has 0 fully saturated rings. The minimum absolute atomic E-state index is 0.0470. The Morgan fingerprint density at radius 3 is 1.88 bits per heavy atom. The van der Waals surface area contributed by atoms with E-state index in [9.17, 15) is 43.9 Å². The molecule has 0 bridgehead atoms. The van der Waals surface area contributed by atoms with Crippen LogP contribution in [0.15, 0.2) is 66.7 Å². The number of halogens is 10. The van der Waals surface area contributed by atoms with Crippen LogP contribution in [0.4, 0.5) is 43.9 Å². The quantitative estimate of drug-likeness (QED) is 0.153. The highest BCUT2D eigenvalue weighted by molar-refractivity contribution is 5.66. The van der Waals surface area contributed by atoms with Crippen LogP contribution in [-0.4, -0.2) is 6.61 Å². The van der Waals surface area contributed by atoms with Crippen LogP contribution in [-0.2, 0) is 12.3 Å². The standard InChI is InChI=1S/C31H18F10O2/c1-2-11-42-20-7-6-18(24(32)15-20)5-3-17-4-10-23(26(34)12-17)31(40,41)43-21-8-9-22(25(33)16-21)19-13-27(35)29(28(36)14-19)30(37,38)39/h4,6-10,12-16H,2,11H2,1H3. The third-order valence-corrected chi connectivity index (χ3v) is 5.86. The molecule has 0 spiro atoms. The van der Waals surface area contributed by atoms with E-state index < -0.39 is 69.4 Å². The minimum Gasteiger partial charge on any atom is -0.494 e. The van der Waals surface area contributed by atoms with Crippen molar-refractivity contribution in [3.05, 3.63) is 118 Å². The van der Waals surface area contributed by atoms with Crippen LogP contribution < -0.4 is 9.47 Å². The van der Waals surface area contributed by atoms with Crippen molar-refractivity contribution in [3.63, 3.8) is 0 Å². The molecule has 0 unspecified atom stereocenters. The predicted octanol–water partition coefficient (Wildman–Crippen LogP) is 9.38. The first-order valence-electron chi connectivity index (χ1n) is 12.4. The molecule has 0 aliphatic rings. The lowest BCUT2D eigenvalue weighted by atomic mass is 10.0. The third-order valence-electron chi connectivity index (χ3n) is 5.86. The number of hydrogen-bond donors (Lipinski definition) is 0. The van der Waals surface area contributed by atoms with Crippen LogP contribution in [0.1, 0.15) is 35.6 Å². The van der Waals surface area contributed by atoms with Crippen molar-refractivity contribution in [1.82, 2.24) is 0 Å². The molecule has 0 heterocycles. The molecule has 4 rings (SSSR count). The monoisotopic (exact) mass is 612 g/mol. The largest absolute Gasteiger partial charge is 0.494 e. The van der Waals surface area contributed by atoms with Crippen LogP contribution in [0, 0.1) is 40.9 Å². The molecular formula is C31H18F10O2. The summed E-state index contributed by atoms with van der Waals surface area (Å²) in [4.78, 5) is 0. The van der Waals surface area contributed by atoms with Gasteiger partial charge in [-0.05, 0) is 66.6 Å². The lowest BCUT2D eigenvalue weighted by molar-refractivity contribution is -0.187. The SMILES string of the molecule is CCCOc1ccc(C#Cc2ccc(C(F)(F)Oc3ccc(-c4cc(F)c(C(F)(F)F)c(F)c4)c(F)c3)c(F)c2)c(F)c1. The zero-order valence-electron chi connectivity index (χ0n) is 21.9. The van der Waals surface area contributed by atoms with Gasteiger partial charge >= 0.3 is 12.3 Å². The van der Waals surface area contributed by atoms with E-state index in [4.69, 9.17) is 4.74 Å². The van der Waals surface area contributed by atoms with Crippen molar-refractivity contribution in [2.45, 2.75) is 25.6 Å². The van der Waals surface area contributed by atoms with E-state index in [1.807, 2.05) is 6.92 Å². The minimum atomic E-state index is -5.34. The molecule has 2 nitrogen and oxygen atoms in total. The van der Waals surface area contributed by atoms with Crippen LogP contribution in [0.5, 0.6) is 11.5 Å². The molecule has 0 amide bonds. The predicted molar refractivity (Wildman–Crippen MR) is 136 cm³/mol. The summed E-state index contributed by atoms with van der Waals surface area (Å²) in [6.45, 7) is 2.26. The average Bonchev–Trinajstić information content (AvgIpc) is 2.90. The van der Waals surface area contributed by atoms with Gasteiger partial charge in [-0.2, -0.15) is 22.0 Å². The fraction of sp³-hybridized carbons (Fsp3) is 0.161. The molecule has 0 radical (unpaired) electrons. The van der Waals surface area contributed by atoms with E-state index in [-0.39, 0.29) is 23.3 Å². The summed E-state index contributed by atoms with van der Waals surface area (Å²) in [5.41, 5.74) is -4.80. The molecule has 4 aromatic carbocycles. The second kappa shape index (κ2) is 12.3. The number of hydrogen-bond acceptors (Lipinski definition) is 2. The topological polar surface area (TPSA) is 18.5 Å². The molecular weight excluding hydrogens is 594 g/mol. The Balaban J connectivity index is 1.52. The Morgan fingerprint density at radius 2 is 1.30 bits per heavy atom. The first-order chi connectivity index (χ1) is 20.2. The smallest absolute Gasteiger partial charge is 0.429 e.